The average molecular weight is 310 g/mol. The summed E-state index contributed by atoms with van der Waals surface area (Å²) in [7, 11) is 0. The van der Waals surface area contributed by atoms with E-state index in [4.69, 9.17) is 4.74 Å². The van der Waals surface area contributed by atoms with Gasteiger partial charge in [0.05, 0.1) is 12.2 Å². The summed E-state index contributed by atoms with van der Waals surface area (Å²) in [4.78, 5) is 28.1. The van der Waals surface area contributed by atoms with Crippen LogP contribution in [0.15, 0.2) is 36.4 Å². The number of hydrogen-bond donors (Lipinski definition) is 1. The number of nitrogens with zero attached hydrogens (tertiary/aromatic N) is 1. The number of aromatic nitrogens is 1. The van der Waals surface area contributed by atoms with E-state index in [2.05, 4.69) is 10.3 Å². The highest BCUT2D eigenvalue weighted by Gasteiger charge is 2.29. The highest BCUT2D eigenvalue weighted by molar-refractivity contribution is 5.95. The van der Waals surface area contributed by atoms with E-state index >= 15 is 0 Å². The van der Waals surface area contributed by atoms with Crippen molar-refractivity contribution in [2.45, 2.75) is 26.3 Å². The average Bonchev–Trinajstić information content (AvgIpc) is 2.96. The zero-order chi connectivity index (χ0) is 16.4. The van der Waals surface area contributed by atoms with Crippen molar-refractivity contribution >= 4 is 11.7 Å². The van der Waals surface area contributed by atoms with Gasteiger partial charge >= 0.3 is 0 Å². The van der Waals surface area contributed by atoms with E-state index < -0.39 is 0 Å². The van der Waals surface area contributed by atoms with Gasteiger partial charge in [-0.15, -0.1) is 0 Å². The molecule has 1 amide bonds. The van der Waals surface area contributed by atoms with E-state index in [0.29, 0.717) is 24.4 Å². The Hall–Kier alpha value is -2.69. The Bertz CT molecular complexity index is 771. The number of carbonyl (C=O) groups excluding carboxylic acids is 2. The number of pyridine rings is 1. The third-order valence-electron chi connectivity index (χ3n) is 3.98. The molecule has 0 saturated carbocycles. The molecule has 1 atom stereocenters. The highest BCUT2D eigenvalue weighted by atomic mass is 16.5. The van der Waals surface area contributed by atoms with E-state index in [-0.39, 0.29) is 17.6 Å². The molecule has 1 aliphatic heterocycles. The lowest BCUT2D eigenvalue weighted by Gasteiger charge is -2.11. The van der Waals surface area contributed by atoms with Crippen molar-refractivity contribution in [2.24, 2.45) is 0 Å². The first kappa shape index (κ1) is 15.2. The van der Waals surface area contributed by atoms with Gasteiger partial charge in [0.15, 0.2) is 5.78 Å². The summed E-state index contributed by atoms with van der Waals surface area (Å²) in [5.74, 6) is 0.395. The molecule has 0 unspecified atom stereocenters. The first-order chi connectivity index (χ1) is 11.1. The fourth-order valence-electron chi connectivity index (χ4n) is 2.76. The highest BCUT2D eigenvalue weighted by Crippen LogP contribution is 2.33. The van der Waals surface area contributed by atoms with E-state index in [9.17, 15) is 9.59 Å². The summed E-state index contributed by atoms with van der Waals surface area (Å²) < 4.78 is 5.53. The predicted molar refractivity (Wildman–Crippen MR) is 85.5 cm³/mol. The Kier molecular flexibility index (Phi) is 4.10. The van der Waals surface area contributed by atoms with Crippen LogP contribution in [0.1, 0.15) is 40.2 Å². The predicted octanol–water partition coefficient (Wildman–Crippen LogP) is 2.39. The normalized spacial score (nSPS) is 15.7. The summed E-state index contributed by atoms with van der Waals surface area (Å²) in [6, 6.07) is 11.1. The number of nitrogens with one attached hydrogen (secondary N) is 1. The minimum atomic E-state index is -0.288. The molecule has 1 aromatic carbocycles. The van der Waals surface area contributed by atoms with Gasteiger partial charge in [-0.1, -0.05) is 18.2 Å². The van der Waals surface area contributed by atoms with Gasteiger partial charge in [0.2, 0.25) is 5.91 Å². The quantitative estimate of drug-likeness (QED) is 0.880. The third-order valence-corrected chi connectivity index (χ3v) is 3.98. The molecule has 1 aromatic heterocycles. The molecule has 5 heteroatoms. The second-order valence-corrected chi connectivity index (χ2v) is 5.61. The largest absolute Gasteiger partial charge is 0.492 e. The number of ketones is 1. The topological polar surface area (TPSA) is 68.3 Å². The third kappa shape index (κ3) is 3.08. The smallest absolute Gasteiger partial charge is 0.231 e. The fraction of sp³-hybridized carbons (Fsp3) is 0.278. The maximum absolute atomic E-state index is 12.4. The molecule has 1 aliphatic rings. The molecule has 3 rings (SSSR count). The van der Waals surface area contributed by atoms with E-state index in [1.165, 1.54) is 6.92 Å². The molecule has 23 heavy (non-hydrogen) atoms. The monoisotopic (exact) mass is 310 g/mol. The van der Waals surface area contributed by atoms with Crippen LogP contribution >= 0.6 is 0 Å². The molecule has 0 bridgehead atoms. The molecule has 0 aliphatic carbocycles. The van der Waals surface area contributed by atoms with Crippen LogP contribution < -0.4 is 10.1 Å². The summed E-state index contributed by atoms with van der Waals surface area (Å²) >= 11 is 0. The molecular weight excluding hydrogens is 292 g/mol. The number of Topliss-reactive ketones (excluding diaryl/α,β-unsaturated/α-hetero) is 1. The van der Waals surface area contributed by atoms with Gasteiger partial charge in [-0.3, -0.25) is 14.6 Å². The summed E-state index contributed by atoms with van der Waals surface area (Å²) in [5.41, 5.74) is 2.94. The number of hydrogen-bond acceptors (Lipinski definition) is 4. The second-order valence-electron chi connectivity index (χ2n) is 5.61. The molecule has 2 heterocycles. The summed E-state index contributed by atoms with van der Waals surface area (Å²) in [6.07, 6.45) is 0. The molecule has 0 radical (unpaired) electrons. The van der Waals surface area contributed by atoms with Crippen LogP contribution in [0.2, 0.25) is 0 Å². The number of ether oxygens (including phenoxy) is 1. The second kappa shape index (κ2) is 6.20. The lowest BCUT2D eigenvalue weighted by molar-refractivity contribution is -0.122. The number of amides is 1. The minimum absolute atomic E-state index is 0.00898. The number of rotatable bonds is 4. The molecule has 5 nitrogen and oxygen atoms in total. The van der Waals surface area contributed by atoms with Crippen LogP contribution in [-0.4, -0.2) is 23.3 Å². The van der Waals surface area contributed by atoms with Gasteiger partial charge in [-0.2, -0.15) is 0 Å². The molecule has 0 fully saturated rings. The molecular formula is C18H18N2O3. The van der Waals surface area contributed by atoms with Gasteiger partial charge in [0.25, 0.3) is 0 Å². The Balaban J connectivity index is 1.66. The van der Waals surface area contributed by atoms with Crippen molar-refractivity contribution < 1.29 is 14.3 Å². The van der Waals surface area contributed by atoms with Crippen molar-refractivity contribution in [3.8, 4) is 5.75 Å². The number of para-hydroxylation sites is 1. The van der Waals surface area contributed by atoms with Crippen LogP contribution in [0.5, 0.6) is 5.75 Å². The van der Waals surface area contributed by atoms with Gasteiger partial charge in [0, 0.05) is 16.8 Å². The number of carbonyl (C=O) groups is 2. The standard InChI is InChI=1S/C18H18N2O3/c1-11-14(12(2)21)8-7-13(20-11)9-19-18(22)16-10-23-17-6-4-3-5-15(16)17/h3-8,16H,9-10H2,1-2H3,(H,19,22)/t16-/m0/s1. The lowest BCUT2D eigenvalue weighted by atomic mass is 10.0. The Morgan fingerprint density at radius 2 is 2.04 bits per heavy atom. The maximum Gasteiger partial charge on any atom is 0.231 e. The zero-order valence-corrected chi connectivity index (χ0v) is 13.1. The van der Waals surface area contributed by atoms with Crippen molar-refractivity contribution in [3.63, 3.8) is 0 Å². The van der Waals surface area contributed by atoms with Crippen LogP contribution in [0, 0.1) is 6.92 Å². The van der Waals surface area contributed by atoms with E-state index in [1.54, 1.807) is 19.1 Å². The first-order valence-electron chi connectivity index (χ1n) is 7.53. The number of benzene rings is 1. The van der Waals surface area contributed by atoms with Crippen molar-refractivity contribution in [1.29, 1.82) is 0 Å². The van der Waals surface area contributed by atoms with Gasteiger partial charge < -0.3 is 10.1 Å². The maximum atomic E-state index is 12.4. The Morgan fingerprint density at radius 1 is 1.26 bits per heavy atom. The van der Waals surface area contributed by atoms with E-state index in [1.807, 2.05) is 24.3 Å². The molecule has 1 N–H and O–H groups in total. The SMILES string of the molecule is CC(=O)c1ccc(CNC(=O)[C@H]2COc3ccccc32)nc1C. The minimum Gasteiger partial charge on any atom is -0.492 e. The first-order valence-corrected chi connectivity index (χ1v) is 7.53. The van der Waals surface area contributed by atoms with Gasteiger partial charge in [-0.05, 0) is 32.0 Å². The summed E-state index contributed by atoms with van der Waals surface area (Å²) in [6.45, 7) is 4.00. The van der Waals surface area contributed by atoms with Crippen molar-refractivity contribution in [2.75, 3.05) is 6.61 Å². The molecule has 0 saturated heterocycles. The van der Waals surface area contributed by atoms with Crippen LogP contribution in [0.4, 0.5) is 0 Å². The number of aryl methyl sites for hydroxylation is 1. The van der Waals surface area contributed by atoms with Gasteiger partial charge in [0.1, 0.15) is 18.3 Å². The molecule has 0 spiro atoms. The van der Waals surface area contributed by atoms with Crippen LogP contribution in [0.3, 0.4) is 0 Å². The number of fused-ring (bicyclic) bond motifs is 1. The zero-order valence-electron chi connectivity index (χ0n) is 13.1. The van der Waals surface area contributed by atoms with Crippen molar-refractivity contribution in [1.82, 2.24) is 10.3 Å². The molecule has 118 valence electrons. The fourth-order valence-corrected chi connectivity index (χ4v) is 2.76. The lowest BCUT2D eigenvalue weighted by Crippen LogP contribution is -2.30. The van der Waals surface area contributed by atoms with Crippen molar-refractivity contribution in [3.05, 3.63) is 58.9 Å². The van der Waals surface area contributed by atoms with Crippen LogP contribution in [0.25, 0.3) is 0 Å². The van der Waals surface area contributed by atoms with Crippen LogP contribution in [-0.2, 0) is 11.3 Å². The van der Waals surface area contributed by atoms with E-state index in [0.717, 1.165) is 17.0 Å². The molecule has 2 aromatic rings. The summed E-state index contributed by atoms with van der Waals surface area (Å²) in [5, 5.41) is 2.89. The Labute approximate surface area is 134 Å². The Morgan fingerprint density at radius 3 is 2.78 bits per heavy atom. The van der Waals surface area contributed by atoms with Gasteiger partial charge in [-0.25, -0.2) is 0 Å².